The van der Waals surface area contributed by atoms with Crippen LogP contribution in [0.4, 0.5) is 22.7 Å². The molecule has 0 aromatic heterocycles. The summed E-state index contributed by atoms with van der Waals surface area (Å²) in [5, 5.41) is 16.5. The fourth-order valence-corrected chi connectivity index (χ4v) is 3.49. The Morgan fingerprint density at radius 3 is 2.47 bits per heavy atom. The third kappa shape index (κ3) is 6.42. The molecule has 1 aliphatic heterocycles. The Hall–Kier alpha value is -3.70. The Morgan fingerprint density at radius 2 is 1.85 bits per heavy atom. The van der Waals surface area contributed by atoms with Gasteiger partial charge in [0.2, 0.25) is 11.8 Å². The minimum absolute atomic E-state index is 0.0220. The van der Waals surface area contributed by atoms with Crippen molar-refractivity contribution in [1.82, 2.24) is 4.90 Å². The van der Waals surface area contributed by atoms with Crippen molar-refractivity contribution in [2.24, 2.45) is 0 Å². The van der Waals surface area contributed by atoms with Gasteiger partial charge in [-0.3, -0.25) is 24.6 Å². The number of nitrogens with zero attached hydrogens (tertiary/aromatic N) is 3. The number of nitro benzene ring substituents is 1. The van der Waals surface area contributed by atoms with Crippen LogP contribution in [0.2, 0.25) is 0 Å². The van der Waals surface area contributed by atoms with Crippen molar-refractivity contribution < 1.29 is 24.0 Å². The number of carbonyl (C=O) groups excluding carboxylic acids is 2. The second-order valence-electron chi connectivity index (χ2n) is 7.92. The van der Waals surface area contributed by atoms with E-state index in [1.807, 2.05) is 24.3 Å². The average molecular weight is 472 g/mol. The third-order valence-electron chi connectivity index (χ3n) is 5.61. The van der Waals surface area contributed by atoms with Gasteiger partial charge in [0.05, 0.1) is 43.5 Å². The van der Waals surface area contributed by atoms with E-state index in [2.05, 4.69) is 15.5 Å². The lowest BCUT2D eigenvalue weighted by molar-refractivity contribution is -0.384. The maximum Gasteiger partial charge on any atom is 0.271 e. The normalized spacial score (nSPS) is 14.4. The summed E-state index contributed by atoms with van der Waals surface area (Å²) in [7, 11) is 3.06. The molecule has 3 rings (SSSR count). The molecule has 11 nitrogen and oxygen atoms in total. The molecule has 0 radical (unpaired) electrons. The Labute approximate surface area is 197 Å². The highest BCUT2D eigenvalue weighted by Gasteiger charge is 2.22. The summed E-state index contributed by atoms with van der Waals surface area (Å²) in [4.78, 5) is 39.5. The quantitative estimate of drug-likeness (QED) is 0.422. The smallest absolute Gasteiger partial charge is 0.271 e. The van der Waals surface area contributed by atoms with Crippen LogP contribution in [0.15, 0.2) is 42.5 Å². The zero-order valence-electron chi connectivity index (χ0n) is 19.4. The molecule has 0 saturated carbocycles. The summed E-state index contributed by atoms with van der Waals surface area (Å²) in [6, 6.07) is 10.8. The average Bonchev–Trinajstić information content (AvgIpc) is 2.84. The van der Waals surface area contributed by atoms with Crippen molar-refractivity contribution >= 4 is 34.6 Å². The number of morpholine rings is 1. The summed E-state index contributed by atoms with van der Waals surface area (Å²) < 4.78 is 10.5. The molecule has 1 fully saturated rings. The summed E-state index contributed by atoms with van der Waals surface area (Å²) in [5.74, 6) is -0.398. The number of benzene rings is 2. The van der Waals surface area contributed by atoms with Gasteiger partial charge in [0.15, 0.2) is 0 Å². The molecule has 1 aliphatic rings. The molecular weight excluding hydrogens is 442 g/mol. The van der Waals surface area contributed by atoms with Gasteiger partial charge in [0, 0.05) is 36.6 Å². The van der Waals surface area contributed by atoms with Crippen LogP contribution in [0.3, 0.4) is 0 Å². The highest BCUT2D eigenvalue weighted by atomic mass is 16.6. The van der Waals surface area contributed by atoms with Crippen LogP contribution in [-0.2, 0) is 14.3 Å². The number of methoxy groups -OCH3 is 1. The standard InChI is InChI=1S/C23H29N5O6/c1-16(23(30)25-20-14-19(28(31)32)8-9-21(20)33-3)26(2)15-22(29)24-17-4-6-18(7-5-17)27-10-12-34-13-11-27/h4-9,14,16H,10-13,15H2,1-3H3,(H,24,29)(H,25,30). The molecule has 34 heavy (non-hydrogen) atoms. The van der Waals surface area contributed by atoms with Crippen LogP contribution >= 0.6 is 0 Å². The Balaban J connectivity index is 1.55. The van der Waals surface area contributed by atoms with Crippen LogP contribution in [0.25, 0.3) is 0 Å². The van der Waals surface area contributed by atoms with Gasteiger partial charge in [-0.05, 0) is 44.3 Å². The fourth-order valence-electron chi connectivity index (χ4n) is 3.49. The molecule has 0 aliphatic carbocycles. The van der Waals surface area contributed by atoms with Crippen molar-refractivity contribution in [2.45, 2.75) is 13.0 Å². The lowest BCUT2D eigenvalue weighted by atomic mass is 10.2. The van der Waals surface area contributed by atoms with E-state index in [0.29, 0.717) is 24.7 Å². The van der Waals surface area contributed by atoms with E-state index in [0.717, 1.165) is 18.8 Å². The van der Waals surface area contributed by atoms with Crippen LogP contribution in [-0.4, -0.2) is 74.7 Å². The zero-order valence-corrected chi connectivity index (χ0v) is 19.4. The van der Waals surface area contributed by atoms with E-state index in [9.17, 15) is 19.7 Å². The number of ether oxygens (including phenoxy) is 2. The molecular formula is C23H29N5O6. The number of hydrogen-bond acceptors (Lipinski definition) is 8. The Bertz CT molecular complexity index is 1020. The number of hydrogen-bond donors (Lipinski definition) is 2. The van der Waals surface area contributed by atoms with Gasteiger partial charge in [-0.15, -0.1) is 0 Å². The molecule has 2 N–H and O–H groups in total. The summed E-state index contributed by atoms with van der Waals surface area (Å²) in [6.45, 7) is 4.68. The first kappa shape index (κ1) is 24.9. The van der Waals surface area contributed by atoms with Crippen molar-refractivity contribution in [1.29, 1.82) is 0 Å². The third-order valence-corrected chi connectivity index (χ3v) is 5.61. The lowest BCUT2D eigenvalue weighted by Crippen LogP contribution is -2.43. The number of non-ortho nitro benzene ring substituents is 1. The first-order valence-corrected chi connectivity index (χ1v) is 10.8. The number of amides is 2. The molecule has 1 saturated heterocycles. The van der Waals surface area contributed by atoms with Crippen LogP contribution < -0.4 is 20.3 Å². The second-order valence-corrected chi connectivity index (χ2v) is 7.92. The minimum Gasteiger partial charge on any atom is -0.495 e. The molecule has 182 valence electrons. The molecule has 11 heteroatoms. The van der Waals surface area contributed by atoms with Crippen molar-refractivity contribution in [3.63, 3.8) is 0 Å². The van der Waals surface area contributed by atoms with Gasteiger partial charge < -0.3 is 25.0 Å². The molecule has 2 aromatic rings. The maximum absolute atomic E-state index is 12.7. The van der Waals surface area contributed by atoms with Crippen molar-refractivity contribution in [3.8, 4) is 5.75 Å². The zero-order chi connectivity index (χ0) is 24.7. The van der Waals surface area contributed by atoms with E-state index < -0.39 is 16.9 Å². The van der Waals surface area contributed by atoms with E-state index in [1.54, 1.807) is 18.9 Å². The number of nitro groups is 1. The highest BCUT2D eigenvalue weighted by molar-refractivity contribution is 5.97. The molecule has 2 aromatic carbocycles. The fraction of sp³-hybridized carbons (Fsp3) is 0.391. The van der Waals surface area contributed by atoms with Gasteiger partial charge in [-0.2, -0.15) is 0 Å². The van der Waals surface area contributed by atoms with Crippen molar-refractivity contribution in [2.75, 3.05) is 62.5 Å². The molecule has 1 heterocycles. The van der Waals surface area contributed by atoms with Gasteiger partial charge in [-0.25, -0.2) is 0 Å². The maximum atomic E-state index is 12.7. The number of nitrogens with one attached hydrogen (secondary N) is 2. The highest BCUT2D eigenvalue weighted by Crippen LogP contribution is 2.29. The van der Waals surface area contributed by atoms with Crippen LogP contribution in [0.1, 0.15) is 6.92 Å². The summed E-state index contributed by atoms with van der Waals surface area (Å²) >= 11 is 0. The predicted molar refractivity (Wildman–Crippen MR) is 128 cm³/mol. The van der Waals surface area contributed by atoms with Crippen LogP contribution in [0.5, 0.6) is 5.75 Å². The van der Waals surface area contributed by atoms with Gasteiger partial charge in [0.1, 0.15) is 5.75 Å². The number of carbonyl (C=O) groups is 2. The second kappa shape index (κ2) is 11.4. The Kier molecular flexibility index (Phi) is 8.39. The largest absolute Gasteiger partial charge is 0.495 e. The topological polar surface area (TPSA) is 126 Å². The first-order chi connectivity index (χ1) is 16.3. The van der Waals surface area contributed by atoms with Crippen LogP contribution in [0, 0.1) is 10.1 Å². The molecule has 1 atom stereocenters. The minimum atomic E-state index is -0.682. The molecule has 1 unspecified atom stereocenters. The molecule has 2 amide bonds. The first-order valence-electron chi connectivity index (χ1n) is 10.8. The van der Waals surface area contributed by atoms with Gasteiger partial charge in [0.25, 0.3) is 5.69 Å². The van der Waals surface area contributed by atoms with E-state index in [4.69, 9.17) is 9.47 Å². The van der Waals surface area contributed by atoms with E-state index >= 15 is 0 Å². The van der Waals surface area contributed by atoms with Crippen molar-refractivity contribution in [3.05, 3.63) is 52.6 Å². The summed E-state index contributed by atoms with van der Waals surface area (Å²) in [6.07, 6.45) is 0. The number of rotatable bonds is 9. The predicted octanol–water partition coefficient (Wildman–Crippen LogP) is 2.34. The van der Waals surface area contributed by atoms with Gasteiger partial charge >= 0.3 is 0 Å². The Morgan fingerprint density at radius 1 is 1.18 bits per heavy atom. The molecule has 0 spiro atoms. The van der Waals surface area contributed by atoms with E-state index in [1.165, 1.54) is 25.3 Å². The molecule has 0 bridgehead atoms. The summed E-state index contributed by atoms with van der Waals surface area (Å²) in [5.41, 5.74) is 1.75. The van der Waals surface area contributed by atoms with E-state index in [-0.39, 0.29) is 23.8 Å². The SMILES string of the molecule is COc1ccc([N+](=O)[O-])cc1NC(=O)C(C)N(C)CC(=O)Nc1ccc(N2CCOCC2)cc1. The number of anilines is 3. The number of likely N-dealkylation sites (N-methyl/N-ethyl adjacent to an activating group) is 1. The monoisotopic (exact) mass is 471 g/mol. The lowest BCUT2D eigenvalue weighted by Gasteiger charge is -2.29. The van der Waals surface area contributed by atoms with Gasteiger partial charge in [-0.1, -0.05) is 0 Å².